The van der Waals surface area contributed by atoms with Crippen LogP contribution >= 0.6 is 0 Å². The number of hydrogen-bond acceptors (Lipinski definition) is 4. The van der Waals surface area contributed by atoms with E-state index in [1.807, 2.05) is 4.72 Å². The summed E-state index contributed by atoms with van der Waals surface area (Å²) in [6.07, 6.45) is 0. The Balaban J connectivity index is 0. The summed E-state index contributed by atoms with van der Waals surface area (Å²) in [5.74, 6) is -0.550. The predicted octanol–water partition coefficient (Wildman–Crippen LogP) is -2.77. The van der Waals surface area contributed by atoms with Gasteiger partial charge in [-0.3, -0.25) is 4.79 Å². The van der Waals surface area contributed by atoms with Crippen molar-refractivity contribution in [3.8, 4) is 0 Å². The van der Waals surface area contributed by atoms with Crippen LogP contribution in [0.1, 0.15) is 18.7 Å². The standard InChI is InChI=1S/C7H5NO3S.C2H6O.Na.H/c9-7-5-3-1-2-4-6(5)12(10,11)8-7;1-2-3;;/h1-4H,(H,8,9);3H,2H2,1H3;;/q;;+1;-1. The number of carbonyl (C=O) groups is 1. The van der Waals surface area contributed by atoms with Crippen molar-refractivity contribution in [2.75, 3.05) is 6.61 Å². The predicted molar refractivity (Wildman–Crippen MR) is 55.0 cm³/mol. The summed E-state index contributed by atoms with van der Waals surface area (Å²) in [6.45, 7) is 1.93. The Bertz CT molecular complexity index is 478. The van der Waals surface area contributed by atoms with Crippen molar-refractivity contribution in [1.82, 2.24) is 4.72 Å². The smallest absolute Gasteiger partial charge is 1.00 e. The SMILES string of the molecule is CCO.O=C1NS(=O)(=O)c2ccccc21.[H-].[Na+]. The van der Waals surface area contributed by atoms with Crippen molar-refractivity contribution in [1.29, 1.82) is 0 Å². The number of fused-ring (bicyclic) bond motifs is 1. The summed E-state index contributed by atoms with van der Waals surface area (Å²) in [4.78, 5) is 11.1. The Morgan fingerprint density at radius 2 is 1.88 bits per heavy atom. The summed E-state index contributed by atoms with van der Waals surface area (Å²) < 4.78 is 24.2. The number of aliphatic hydroxyl groups excluding tert-OH is 1. The number of rotatable bonds is 0. The van der Waals surface area contributed by atoms with E-state index in [4.69, 9.17) is 5.11 Å². The molecule has 1 aromatic rings. The molecular formula is C9H12NNaO4S. The topological polar surface area (TPSA) is 83.5 Å². The van der Waals surface area contributed by atoms with Crippen molar-refractivity contribution in [3.63, 3.8) is 0 Å². The minimum atomic E-state index is -3.55. The van der Waals surface area contributed by atoms with Gasteiger partial charge in [0.2, 0.25) is 0 Å². The molecule has 0 unspecified atom stereocenters. The van der Waals surface area contributed by atoms with Gasteiger partial charge in [0.05, 0.1) is 5.56 Å². The maximum Gasteiger partial charge on any atom is 1.00 e. The number of nitrogens with one attached hydrogen (secondary N) is 1. The van der Waals surface area contributed by atoms with Crippen LogP contribution in [0.2, 0.25) is 0 Å². The second kappa shape index (κ2) is 6.36. The molecule has 2 rings (SSSR count). The second-order valence-corrected chi connectivity index (χ2v) is 4.40. The fourth-order valence-electron chi connectivity index (χ4n) is 1.12. The van der Waals surface area contributed by atoms with Gasteiger partial charge in [0.1, 0.15) is 4.90 Å². The van der Waals surface area contributed by atoms with E-state index >= 15 is 0 Å². The molecule has 16 heavy (non-hydrogen) atoms. The van der Waals surface area contributed by atoms with E-state index in [-0.39, 0.29) is 48.0 Å². The van der Waals surface area contributed by atoms with Gasteiger partial charge in [-0.25, -0.2) is 13.1 Å². The fraction of sp³-hybridized carbons (Fsp3) is 0.222. The fourth-order valence-corrected chi connectivity index (χ4v) is 2.29. The average Bonchev–Trinajstić information content (AvgIpc) is 2.40. The van der Waals surface area contributed by atoms with Gasteiger partial charge in [0.25, 0.3) is 15.9 Å². The molecule has 1 amide bonds. The zero-order chi connectivity index (χ0) is 11.5. The molecule has 0 saturated carbocycles. The third kappa shape index (κ3) is 3.29. The molecule has 0 radical (unpaired) electrons. The quantitative estimate of drug-likeness (QED) is 0.490. The van der Waals surface area contributed by atoms with Gasteiger partial charge < -0.3 is 6.53 Å². The Kier molecular flexibility index (Phi) is 6.20. The van der Waals surface area contributed by atoms with Crippen LogP contribution in [0.4, 0.5) is 0 Å². The molecule has 0 aromatic heterocycles. The largest absolute Gasteiger partial charge is 1.00 e. The Morgan fingerprint density at radius 3 is 2.38 bits per heavy atom. The molecule has 5 nitrogen and oxygen atoms in total. The summed E-state index contributed by atoms with van der Waals surface area (Å²) in [5, 5.41) is 7.57. The molecule has 0 fully saturated rings. The van der Waals surface area contributed by atoms with Gasteiger partial charge >= 0.3 is 29.6 Å². The second-order valence-electron chi connectivity index (χ2n) is 2.75. The number of hydrogen-bond donors (Lipinski definition) is 2. The molecule has 7 heteroatoms. The zero-order valence-electron chi connectivity index (χ0n) is 10.1. The average molecular weight is 253 g/mol. The van der Waals surface area contributed by atoms with E-state index in [1.165, 1.54) is 12.1 Å². The van der Waals surface area contributed by atoms with Gasteiger partial charge in [-0.15, -0.1) is 0 Å². The van der Waals surface area contributed by atoms with Crippen LogP contribution in [-0.4, -0.2) is 26.0 Å². The van der Waals surface area contributed by atoms with E-state index < -0.39 is 15.9 Å². The first-order valence-electron chi connectivity index (χ1n) is 4.30. The summed E-state index contributed by atoms with van der Waals surface area (Å²) in [6, 6.07) is 6.09. The molecule has 0 aliphatic carbocycles. The Morgan fingerprint density at radius 1 is 1.38 bits per heavy atom. The third-order valence-electron chi connectivity index (χ3n) is 1.65. The minimum absolute atomic E-state index is 0. The molecule has 1 aliphatic heterocycles. The first-order valence-corrected chi connectivity index (χ1v) is 5.78. The van der Waals surface area contributed by atoms with E-state index in [1.54, 1.807) is 19.1 Å². The maximum absolute atomic E-state index is 11.1. The van der Waals surface area contributed by atoms with Crippen molar-refractivity contribution >= 4 is 15.9 Å². The van der Waals surface area contributed by atoms with Crippen LogP contribution in [0.5, 0.6) is 0 Å². The van der Waals surface area contributed by atoms with E-state index in [9.17, 15) is 13.2 Å². The minimum Gasteiger partial charge on any atom is -1.00 e. The molecule has 1 heterocycles. The molecule has 2 N–H and O–H groups in total. The molecule has 1 aromatic carbocycles. The van der Waals surface area contributed by atoms with Gasteiger partial charge in [-0.05, 0) is 19.1 Å². The monoisotopic (exact) mass is 253 g/mol. The Hall–Kier alpha value is -0.400. The van der Waals surface area contributed by atoms with Gasteiger partial charge in [0, 0.05) is 6.61 Å². The molecule has 0 bridgehead atoms. The summed E-state index contributed by atoms with van der Waals surface area (Å²) >= 11 is 0. The van der Waals surface area contributed by atoms with Crippen LogP contribution in [-0.2, 0) is 10.0 Å². The Labute approximate surface area is 118 Å². The van der Waals surface area contributed by atoms with Crippen LogP contribution in [0.15, 0.2) is 29.2 Å². The number of carbonyl (C=O) groups excluding carboxylic acids is 1. The van der Waals surface area contributed by atoms with Crippen LogP contribution in [0, 0.1) is 0 Å². The van der Waals surface area contributed by atoms with Gasteiger partial charge in [0.15, 0.2) is 0 Å². The maximum atomic E-state index is 11.1. The summed E-state index contributed by atoms with van der Waals surface area (Å²) in [7, 11) is -3.55. The van der Waals surface area contributed by atoms with Crippen molar-refractivity contribution < 1.29 is 49.3 Å². The summed E-state index contributed by atoms with van der Waals surface area (Å²) in [5.41, 5.74) is 0.220. The van der Waals surface area contributed by atoms with Crippen LogP contribution in [0.25, 0.3) is 0 Å². The molecule has 0 saturated heterocycles. The zero-order valence-corrected chi connectivity index (χ0v) is 11.9. The normalized spacial score (nSPS) is 15.0. The van der Waals surface area contributed by atoms with Crippen molar-refractivity contribution in [2.45, 2.75) is 11.8 Å². The molecule has 0 atom stereocenters. The van der Waals surface area contributed by atoms with Crippen molar-refractivity contribution in [3.05, 3.63) is 29.8 Å². The van der Waals surface area contributed by atoms with Gasteiger partial charge in [-0.2, -0.15) is 0 Å². The number of benzene rings is 1. The first-order chi connectivity index (χ1) is 7.03. The molecular weight excluding hydrogens is 241 g/mol. The molecule has 84 valence electrons. The number of sulfonamides is 1. The molecule has 1 aliphatic rings. The third-order valence-corrected chi connectivity index (χ3v) is 3.04. The van der Waals surface area contributed by atoms with Crippen molar-refractivity contribution in [2.24, 2.45) is 0 Å². The molecule has 0 spiro atoms. The van der Waals surface area contributed by atoms with Crippen LogP contribution in [0.3, 0.4) is 0 Å². The van der Waals surface area contributed by atoms with E-state index in [2.05, 4.69) is 0 Å². The van der Waals surface area contributed by atoms with E-state index in [0.29, 0.717) is 0 Å². The number of aliphatic hydroxyl groups is 1. The van der Waals surface area contributed by atoms with Crippen LogP contribution < -0.4 is 34.3 Å². The van der Waals surface area contributed by atoms with Gasteiger partial charge in [-0.1, -0.05) is 12.1 Å². The number of amides is 1. The first kappa shape index (κ1) is 15.6. The van der Waals surface area contributed by atoms with E-state index in [0.717, 1.165) is 0 Å².